The Kier molecular flexibility index (Phi) is 7.91. The normalized spacial score (nSPS) is 10.6. The highest BCUT2D eigenvalue weighted by atomic mass is 16.5. The Morgan fingerprint density at radius 1 is 0.571 bits per heavy atom. The topological polar surface area (TPSA) is 36.9 Å². The summed E-state index contributed by atoms with van der Waals surface area (Å²) >= 11 is 0. The van der Waals surface area contributed by atoms with Crippen LogP contribution in [0.4, 0.5) is 0 Å². The van der Waals surface area contributed by atoms with Gasteiger partial charge in [0.15, 0.2) is 0 Å². The third kappa shape index (κ3) is 6.41. The van der Waals surface area contributed by atoms with E-state index < -0.39 is 0 Å². The minimum atomic E-state index is 0.527. The van der Waals surface area contributed by atoms with Gasteiger partial charge in [0.05, 0.1) is 19.8 Å². The van der Waals surface area contributed by atoms with Crippen molar-refractivity contribution in [1.82, 2.24) is 0 Å². The van der Waals surface area contributed by atoms with Gasteiger partial charge in [0.1, 0.15) is 24.7 Å². The molecule has 0 saturated heterocycles. The molecule has 0 spiro atoms. The van der Waals surface area contributed by atoms with Crippen LogP contribution in [0.3, 0.4) is 0 Å². The third-order valence-corrected chi connectivity index (χ3v) is 4.21. The molecule has 0 saturated carbocycles. The summed E-state index contributed by atoms with van der Waals surface area (Å²) in [5.74, 6) is 1.68. The number of hydrogen-bond acceptors (Lipinski definition) is 4. The van der Waals surface area contributed by atoms with E-state index in [0.717, 1.165) is 22.6 Å². The van der Waals surface area contributed by atoms with Crippen LogP contribution in [-0.4, -0.2) is 33.5 Å². The summed E-state index contributed by atoms with van der Waals surface area (Å²) < 4.78 is 22.0. The molecule has 0 fully saturated rings. The molecule has 0 radical (unpaired) electrons. The lowest BCUT2D eigenvalue weighted by atomic mass is 10.1. The first-order valence-electron chi connectivity index (χ1n) is 9.42. The van der Waals surface area contributed by atoms with E-state index in [1.54, 1.807) is 7.11 Å². The smallest absolute Gasteiger partial charge is 0.119 e. The van der Waals surface area contributed by atoms with Gasteiger partial charge in [-0.3, -0.25) is 0 Å². The van der Waals surface area contributed by atoms with Crippen LogP contribution in [0.1, 0.15) is 5.56 Å². The van der Waals surface area contributed by atoms with Crippen molar-refractivity contribution in [2.75, 3.05) is 33.5 Å². The Hall–Kier alpha value is -2.82. The fourth-order valence-electron chi connectivity index (χ4n) is 2.71. The molecule has 0 aliphatic heterocycles. The van der Waals surface area contributed by atoms with Crippen LogP contribution in [-0.2, 0) is 16.1 Å². The molecule has 146 valence electrons. The molecule has 3 aromatic rings. The molecule has 0 heterocycles. The zero-order valence-electron chi connectivity index (χ0n) is 16.2. The molecule has 0 aromatic heterocycles. The summed E-state index contributed by atoms with van der Waals surface area (Å²) in [5, 5.41) is 0. The average Bonchev–Trinajstić information content (AvgIpc) is 2.75. The summed E-state index contributed by atoms with van der Waals surface area (Å²) in [4.78, 5) is 0. The van der Waals surface area contributed by atoms with Gasteiger partial charge in [0.2, 0.25) is 0 Å². The molecule has 3 aromatic carbocycles. The molecule has 0 unspecified atom stereocenters. The minimum Gasteiger partial charge on any atom is -0.491 e. The first kappa shape index (κ1) is 19.9. The van der Waals surface area contributed by atoms with Crippen molar-refractivity contribution >= 4 is 0 Å². The average molecular weight is 378 g/mol. The molecule has 3 rings (SSSR count). The molecule has 0 atom stereocenters. The van der Waals surface area contributed by atoms with E-state index >= 15 is 0 Å². The standard InChI is InChI=1S/C24H26O4/c1-25-15-17-27-23-11-7-21(8-12-23)22-9-13-24(14-10-22)28-18-16-26-19-20-5-3-2-4-6-20/h2-14H,15-19H2,1H3. The Morgan fingerprint density at radius 2 is 1.11 bits per heavy atom. The van der Waals surface area contributed by atoms with Crippen molar-refractivity contribution in [3.63, 3.8) is 0 Å². The maximum Gasteiger partial charge on any atom is 0.119 e. The highest BCUT2D eigenvalue weighted by Gasteiger charge is 2.01. The Labute approximate surface area is 166 Å². The second-order valence-electron chi connectivity index (χ2n) is 6.28. The largest absolute Gasteiger partial charge is 0.491 e. The van der Waals surface area contributed by atoms with Gasteiger partial charge in [-0.25, -0.2) is 0 Å². The highest BCUT2D eigenvalue weighted by molar-refractivity contribution is 5.64. The maximum absolute atomic E-state index is 5.75. The van der Waals surface area contributed by atoms with Gasteiger partial charge in [-0.15, -0.1) is 0 Å². The van der Waals surface area contributed by atoms with Crippen molar-refractivity contribution in [2.45, 2.75) is 6.61 Å². The van der Waals surface area contributed by atoms with Crippen LogP contribution in [0.5, 0.6) is 11.5 Å². The van der Waals surface area contributed by atoms with Crippen LogP contribution in [0.15, 0.2) is 78.9 Å². The number of benzene rings is 3. The van der Waals surface area contributed by atoms with Crippen molar-refractivity contribution in [3.8, 4) is 22.6 Å². The lowest BCUT2D eigenvalue weighted by Crippen LogP contribution is -2.06. The van der Waals surface area contributed by atoms with E-state index in [9.17, 15) is 0 Å². The molecule has 4 nitrogen and oxygen atoms in total. The number of hydrogen-bond donors (Lipinski definition) is 0. The molecule has 0 aliphatic carbocycles. The first-order chi connectivity index (χ1) is 13.8. The number of ether oxygens (including phenoxy) is 4. The fourth-order valence-corrected chi connectivity index (χ4v) is 2.71. The summed E-state index contributed by atoms with van der Waals surface area (Å²) in [6.07, 6.45) is 0. The lowest BCUT2D eigenvalue weighted by Gasteiger charge is -2.09. The molecule has 0 amide bonds. The van der Waals surface area contributed by atoms with Crippen molar-refractivity contribution in [1.29, 1.82) is 0 Å². The first-order valence-corrected chi connectivity index (χ1v) is 9.42. The van der Waals surface area contributed by atoms with E-state index in [0.29, 0.717) is 33.0 Å². The van der Waals surface area contributed by atoms with Gasteiger partial charge in [0, 0.05) is 7.11 Å². The predicted molar refractivity (Wildman–Crippen MR) is 111 cm³/mol. The van der Waals surface area contributed by atoms with Crippen molar-refractivity contribution in [2.24, 2.45) is 0 Å². The van der Waals surface area contributed by atoms with Gasteiger partial charge in [-0.2, -0.15) is 0 Å². The number of rotatable bonds is 11. The van der Waals surface area contributed by atoms with Gasteiger partial charge in [0.25, 0.3) is 0 Å². The maximum atomic E-state index is 5.75. The monoisotopic (exact) mass is 378 g/mol. The summed E-state index contributed by atoms with van der Waals surface area (Å²) in [5.41, 5.74) is 3.44. The minimum absolute atomic E-state index is 0.527. The zero-order valence-corrected chi connectivity index (χ0v) is 16.2. The van der Waals surface area contributed by atoms with Crippen LogP contribution in [0, 0.1) is 0 Å². The van der Waals surface area contributed by atoms with E-state index in [2.05, 4.69) is 36.4 Å². The molecule has 4 heteroatoms. The summed E-state index contributed by atoms with van der Waals surface area (Å²) in [7, 11) is 1.66. The Morgan fingerprint density at radius 3 is 1.64 bits per heavy atom. The second kappa shape index (κ2) is 11.1. The van der Waals surface area contributed by atoms with Gasteiger partial charge < -0.3 is 18.9 Å². The van der Waals surface area contributed by atoms with Gasteiger partial charge in [-0.1, -0.05) is 54.6 Å². The molecular weight excluding hydrogens is 352 g/mol. The van der Waals surface area contributed by atoms with E-state index in [-0.39, 0.29) is 0 Å². The van der Waals surface area contributed by atoms with E-state index in [1.165, 1.54) is 5.56 Å². The molecular formula is C24H26O4. The van der Waals surface area contributed by atoms with Crippen LogP contribution < -0.4 is 9.47 Å². The third-order valence-electron chi connectivity index (χ3n) is 4.21. The van der Waals surface area contributed by atoms with Crippen LogP contribution >= 0.6 is 0 Å². The van der Waals surface area contributed by atoms with E-state index in [1.807, 2.05) is 42.5 Å². The Bertz CT molecular complexity index is 798. The molecule has 28 heavy (non-hydrogen) atoms. The highest BCUT2D eigenvalue weighted by Crippen LogP contribution is 2.24. The van der Waals surface area contributed by atoms with Crippen LogP contribution in [0.25, 0.3) is 11.1 Å². The molecule has 0 N–H and O–H groups in total. The fraction of sp³-hybridized carbons (Fsp3) is 0.250. The summed E-state index contributed by atoms with van der Waals surface area (Å²) in [6.45, 7) is 2.83. The molecule has 0 bridgehead atoms. The van der Waals surface area contributed by atoms with Crippen LogP contribution in [0.2, 0.25) is 0 Å². The zero-order chi connectivity index (χ0) is 19.4. The van der Waals surface area contributed by atoms with Crippen molar-refractivity contribution < 1.29 is 18.9 Å². The summed E-state index contributed by atoms with van der Waals surface area (Å²) in [6, 6.07) is 26.3. The Balaban J connectivity index is 1.41. The number of methoxy groups -OCH3 is 1. The SMILES string of the molecule is COCCOc1ccc(-c2ccc(OCCOCc3ccccc3)cc2)cc1. The predicted octanol–water partition coefficient (Wildman–Crippen LogP) is 4.97. The molecule has 0 aliphatic rings. The lowest BCUT2D eigenvalue weighted by molar-refractivity contribution is 0.0889. The van der Waals surface area contributed by atoms with E-state index in [4.69, 9.17) is 18.9 Å². The quantitative estimate of drug-likeness (QED) is 0.441. The second-order valence-corrected chi connectivity index (χ2v) is 6.28. The van der Waals surface area contributed by atoms with Crippen molar-refractivity contribution in [3.05, 3.63) is 84.4 Å². The van der Waals surface area contributed by atoms with Gasteiger partial charge in [-0.05, 0) is 41.0 Å². The van der Waals surface area contributed by atoms with Gasteiger partial charge >= 0.3 is 0 Å².